The van der Waals surface area contributed by atoms with Gasteiger partial charge in [-0.3, -0.25) is 4.55 Å². The lowest BCUT2D eigenvalue weighted by atomic mass is 10.1. The lowest BCUT2D eigenvalue weighted by Gasteiger charge is -2.07. The Labute approximate surface area is 192 Å². The van der Waals surface area contributed by atoms with Gasteiger partial charge in [0.15, 0.2) is 0 Å². The third-order valence-corrected chi connectivity index (χ3v) is 5.96. The van der Waals surface area contributed by atoms with E-state index in [-0.39, 0.29) is 16.3 Å². The van der Waals surface area contributed by atoms with Crippen LogP contribution in [-0.2, 0) is 10.1 Å². The van der Waals surface area contributed by atoms with Crippen LogP contribution in [0.5, 0.6) is 5.75 Å². The maximum absolute atomic E-state index is 11.7. The van der Waals surface area contributed by atoms with E-state index in [0.29, 0.717) is 17.1 Å². The summed E-state index contributed by atoms with van der Waals surface area (Å²) in [7, 11) is -3.11. The number of nitrogens with zero attached hydrogens (tertiary/aromatic N) is 4. The second kappa shape index (κ2) is 9.47. The first-order valence-electron chi connectivity index (χ1n) is 9.96. The molecule has 0 aliphatic heterocycles. The molecule has 0 aromatic heterocycles. The van der Waals surface area contributed by atoms with Crippen molar-refractivity contribution in [3.05, 3.63) is 64.7 Å². The van der Waals surface area contributed by atoms with Gasteiger partial charge in [-0.1, -0.05) is 0 Å². The SMILES string of the molecule is COc1ccc(N=Nc2cc(C)c(N=Nc3cc(C)c(N)cc3C)cc2C)c(S(=O)(=O)O)c1. The van der Waals surface area contributed by atoms with Crippen molar-refractivity contribution in [2.24, 2.45) is 20.5 Å². The zero-order valence-corrected chi connectivity index (χ0v) is 19.8. The molecule has 0 saturated heterocycles. The third kappa shape index (κ3) is 5.60. The molecule has 0 unspecified atom stereocenters. The van der Waals surface area contributed by atoms with Gasteiger partial charge in [0.2, 0.25) is 0 Å². The maximum Gasteiger partial charge on any atom is 0.296 e. The molecule has 3 rings (SSSR count). The van der Waals surface area contributed by atoms with E-state index in [4.69, 9.17) is 10.5 Å². The predicted octanol–water partition coefficient (Wildman–Crippen LogP) is 6.59. The average Bonchev–Trinajstić information content (AvgIpc) is 2.75. The number of ether oxygens (including phenoxy) is 1. The molecule has 0 aliphatic carbocycles. The Kier molecular flexibility index (Phi) is 6.89. The monoisotopic (exact) mass is 467 g/mol. The Morgan fingerprint density at radius 1 is 0.727 bits per heavy atom. The van der Waals surface area contributed by atoms with E-state index in [9.17, 15) is 13.0 Å². The van der Waals surface area contributed by atoms with Crippen molar-refractivity contribution in [1.29, 1.82) is 0 Å². The number of hydrogen-bond donors (Lipinski definition) is 2. The Morgan fingerprint density at radius 2 is 1.18 bits per heavy atom. The minimum absolute atomic E-state index is 0.00619. The van der Waals surface area contributed by atoms with E-state index in [2.05, 4.69) is 20.5 Å². The highest BCUT2D eigenvalue weighted by Gasteiger charge is 2.17. The summed E-state index contributed by atoms with van der Waals surface area (Å²) in [6.07, 6.45) is 0. The van der Waals surface area contributed by atoms with Crippen molar-refractivity contribution in [1.82, 2.24) is 0 Å². The molecule has 0 saturated carbocycles. The molecule has 172 valence electrons. The number of methoxy groups -OCH3 is 1. The summed E-state index contributed by atoms with van der Waals surface area (Å²) in [5.41, 5.74) is 12.0. The summed E-state index contributed by atoms with van der Waals surface area (Å²) in [6, 6.07) is 11.5. The molecule has 9 nitrogen and oxygen atoms in total. The van der Waals surface area contributed by atoms with E-state index in [1.165, 1.54) is 25.3 Å². The molecular formula is C23H25N5O4S. The fourth-order valence-corrected chi connectivity index (χ4v) is 3.70. The van der Waals surface area contributed by atoms with Crippen LogP contribution in [0.25, 0.3) is 0 Å². The highest BCUT2D eigenvalue weighted by Crippen LogP contribution is 2.34. The molecule has 3 aromatic carbocycles. The molecule has 0 aliphatic rings. The van der Waals surface area contributed by atoms with Crippen LogP contribution in [0.3, 0.4) is 0 Å². The van der Waals surface area contributed by atoms with Gasteiger partial charge in [-0.05, 0) is 86.3 Å². The largest absolute Gasteiger partial charge is 0.497 e. The van der Waals surface area contributed by atoms with E-state index in [1.807, 2.05) is 45.9 Å². The Hall–Kier alpha value is -3.63. The summed E-state index contributed by atoms with van der Waals surface area (Å²) in [5.74, 6) is 0.273. The van der Waals surface area contributed by atoms with Gasteiger partial charge in [-0.15, -0.1) is 5.11 Å². The summed E-state index contributed by atoms with van der Waals surface area (Å²) in [4.78, 5) is -0.389. The van der Waals surface area contributed by atoms with Crippen molar-refractivity contribution in [2.45, 2.75) is 32.6 Å². The summed E-state index contributed by atoms with van der Waals surface area (Å²) >= 11 is 0. The van der Waals surface area contributed by atoms with Crippen molar-refractivity contribution in [3.63, 3.8) is 0 Å². The summed E-state index contributed by atoms with van der Waals surface area (Å²) in [5, 5.41) is 17.0. The van der Waals surface area contributed by atoms with Gasteiger partial charge in [0, 0.05) is 11.8 Å². The van der Waals surface area contributed by atoms with Crippen molar-refractivity contribution >= 4 is 38.6 Å². The van der Waals surface area contributed by atoms with Gasteiger partial charge < -0.3 is 10.5 Å². The number of nitrogens with two attached hydrogens (primary N) is 1. The fourth-order valence-electron chi connectivity index (χ4n) is 3.06. The normalized spacial score (nSPS) is 12.1. The van der Waals surface area contributed by atoms with E-state index < -0.39 is 10.1 Å². The molecule has 0 atom stereocenters. The predicted molar refractivity (Wildman–Crippen MR) is 127 cm³/mol. The molecule has 0 spiro atoms. The third-order valence-electron chi connectivity index (χ3n) is 5.07. The average molecular weight is 468 g/mol. The zero-order chi connectivity index (χ0) is 24.3. The van der Waals surface area contributed by atoms with E-state index in [0.717, 1.165) is 27.9 Å². The standard InChI is InChI=1S/C23H25N5O4S/c1-13-9-20(14(2)8-18(13)24)27-28-22-11-15(3)21(10-16(22)4)26-25-19-7-6-17(32-5)12-23(19)33(29,30)31/h6-12H,24H2,1-5H3,(H,29,30,31). The van der Waals surface area contributed by atoms with Gasteiger partial charge in [0.25, 0.3) is 10.1 Å². The van der Waals surface area contributed by atoms with Crippen LogP contribution < -0.4 is 10.5 Å². The van der Waals surface area contributed by atoms with E-state index >= 15 is 0 Å². The Morgan fingerprint density at radius 3 is 1.67 bits per heavy atom. The number of anilines is 1. The van der Waals surface area contributed by atoms with Crippen molar-refractivity contribution in [3.8, 4) is 5.75 Å². The van der Waals surface area contributed by atoms with Crippen LogP contribution >= 0.6 is 0 Å². The maximum atomic E-state index is 11.7. The quantitative estimate of drug-likeness (QED) is 0.239. The minimum atomic E-state index is -4.51. The molecule has 0 fully saturated rings. The molecule has 33 heavy (non-hydrogen) atoms. The second-order valence-electron chi connectivity index (χ2n) is 7.63. The number of aryl methyl sites for hydroxylation is 4. The molecule has 0 radical (unpaired) electrons. The summed E-state index contributed by atoms with van der Waals surface area (Å²) in [6.45, 7) is 7.54. The van der Waals surface area contributed by atoms with Crippen molar-refractivity contribution in [2.75, 3.05) is 12.8 Å². The number of hydrogen-bond acceptors (Lipinski definition) is 8. The Bertz CT molecular complexity index is 1380. The highest BCUT2D eigenvalue weighted by atomic mass is 32.2. The topological polar surface area (TPSA) is 139 Å². The number of benzene rings is 3. The summed E-state index contributed by atoms with van der Waals surface area (Å²) < 4.78 is 38.0. The fraction of sp³-hybridized carbons (Fsp3) is 0.217. The van der Waals surface area contributed by atoms with Crippen LogP contribution in [0.2, 0.25) is 0 Å². The molecule has 10 heteroatoms. The first kappa shape index (κ1) is 24.0. The molecule has 3 aromatic rings. The van der Waals surface area contributed by atoms with Gasteiger partial charge in [0.1, 0.15) is 16.3 Å². The minimum Gasteiger partial charge on any atom is -0.497 e. The van der Waals surface area contributed by atoms with E-state index in [1.54, 1.807) is 6.07 Å². The smallest absolute Gasteiger partial charge is 0.296 e. The van der Waals surface area contributed by atoms with Crippen LogP contribution in [0.1, 0.15) is 22.3 Å². The molecule has 0 bridgehead atoms. The molecular weight excluding hydrogens is 442 g/mol. The molecule has 0 amide bonds. The highest BCUT2D eigenvalue weighted by molar-refractivity contribution is 7.86. The number of nitrogen functional groups attached to an aromatic ring is 1. The molecule has 3 N–H and O–H groups in total. The van der Waals surface area contributed by atoms with Gasteiger partial charge >= 0.3 is 0 Å². The first-order chi connectivity index (χ1) is 15.5. The zero-order valence-electron chi connectivity index (χ0n) is 19.0. The Balaban J connectivity index is 1.93. The van der Waals surface area contributed by atoms with Crippen LogP contribution in [-0.4, -0.2) is 20.1 Å². The first-order valence-corrected chi connectivity index (χ1v) is 11.4. The van der Waals surface area contributed by atoms with Crippen LogP contribution in [0, 0.1) is 27.7 Å². The van der Waals surface area contributed by atoms with Crippen molar-refractivity contribution < 1.29 is 17.7 Å². The van der Waals surface area contributed by atoms with Gasteiger partial charge in [-0.25, -0.2) is 0 Å². The number of azo groups is 2. The van der Waals surface area contributed by atoms with Crippen LogP contribution in [0.4, 0.5) is 28.4 Å². The second-order valence-corrected chi connectivity index (χ2v) is 9.02. The van der Waals surface area contributed by atoms with Crippen LogP contribution in [0.15, 0.2) is 67.8 Å². The lowest BCUT2D eigenvalue weighted by Crippen LogP contribution is -1.99. The number of rotatable bonds is 6. The molecule has 0 heterocycles. The van der Waals surface area contributed by atoms with Gasteiger partial charge in [-0.2, -0.15) is 23.8 Å². The lowest BCUT2D eigenvalue weighted by molar-refractivity contribution is 0.412. The van der Waals surface area contributed by atoms with Gasteiger partial charge in [0.05, 0.1) is 24.2 Å².